The first-order valence-corrected chi connectivity index (χ1v) is 10.3. The lowest BCUT2D eigenvalue weighted by molar-refractivity contribution is 0.0735. The van der Waals surface area contributed by atoms with Crippen molar-refractivity contribution in [3.8, 4) is 10.4 Å². The maximum Gasteiger partial charge on any atom is 0.264 e. The fourth-order valence-electron chi connectivity index (χ4n) is 3.22. The summed E-state index contributed by atoms with van der Waals surface area (Å²) in [5.74, 6) is -1.88. The van der Waals surface area contributed by atoms with Gasteiger partial charge in [0.15, 0.2) is 11.6 Å². The second-order valence-electron chi connectivity index (χ2n) is 6.93. The fraction of sp³-hybridized carbons (Fsp3) is 0.0800. The van der Waals surface area contributed by atoms with Crippen molar-refractivity contribution < 1.29 is 13.6 Å². The SMILES string of the molecule is O=C(c1ccc(-c2ccc(F)c(F)c2)s1)N(Cc1ccccc1)Cc1ccccc1. The first-order chi connectivity index (χ1) is 14.6. The Morgan fingerprint density at radius 3 is 1.90 bits per heavy atom. The maximum atomic E-state index is 13.6. The molecule has 0 saturated heterocycles. The Morgan fingerprint density at radius 1 is 0.733 bits per heavy atom. The number of benzene rings is 3. The van der Waals surface area contributed by atoms with Gasteiger partial charge < -0.3 is 4.90 Å². The first-order valence-electron chi connectivity index (χ1n) is 9.52. The highest BCUT2D eigenvalue weighted by Crippen LogP contribution is 2.30. The molecule has 0 unspecified atom stereocenters. The van der Waals surface area contributed by atoms with Crippen LogP contribution in [-0.4, -0.2) is 10.8 Å². The molecule has 5 heteroatoms. The molecule has 0 spiro atoms. The monoisotopic (exact) mass is 419 g/mol. The summed E-state index contributed by atoms with van der Waals surface area (Å²) in [5, 5.41) is 0. The average molecular weight is 419 g/mol. The van der Waals surface area contributed by atoms with E-state index in [1.807, 2.05) is 60.7 Å². The highest BCUT2D eigenvalue weighted by molar-refractivity contribution is 7.17. The summed E-state index contributed by atoms with van der Waals surface area (Å²) in [5.41, 5.74) is 2.63. The van der Waals surface area contributed by atoms with Crippen LogP contribution in [0.1, 0.15) is 20.8 Å². The zero-order chi connectivity index (χ0) is 20.9. The van der Waals surface area contributed by atoms with E-state index in [1.165, 1.54) is 17.4 Å². The summed E-state index contributed by atoms with van der Waals surface area (Å²) >= 11 is 1.28. The molecule has 2 nitrogen and oxygen atoms in total. The Morgan fingerprint density at radius 2 is 1.33 bits per heavy atom. The third-order valence-electron chi connectivity index (χ3n) is 4.74. The van der Waals surface area contributed by atoms with E-state index >= 15 is 0 Å². The minimum atomic E-state index is -0.899. The molecule has 0 aliphatic rings. The summed E-state index contributed by atoms with van der Waals surface area (Å²) < 4.78 is 26.8. The Labute approximate surface area is 178 Å². The van der Waals surface area contributed by atoms with Crippen LogP contribution in [0.5, 0.6) is 0 Å². The molecule has 4 aromatic rings. The van der Waals surface area contributed by atoms with Crippen molar-refractivity contribution in [1.29, 1.82) is 0 Å². The smallest absolute Gasteiger partial charge is 0.264 e. The van der Waals surface area contributed by atoms with Crippen LogP contribution in [0.25, 0.3) is 10.4 Å². The number of carbonyl (C=O) groups excluding carboxylic acids is 1. The number of nitrogens with zero attached hydrogens (tertiary/aromatic N) is 1. The van der Waals surface area contributed by atoms with E-state index in [9.17, 15) is 13.6 Å². The van der Waals surface area contributed by atoms with Crippen LogP contribution in [0.2, 0.25) is 0 Å². The predicted molar refractivity (Wildman–Crippen MR) is 116 cm³/mol. The van der Waals surface area contributed by atoms with Gasteiger partial charge in [-0.15, -0.1) is 11.3 Å². The average Bonchev–Trinajstić information content (AvgIpc) is 3.26. The third kappa shape index (κ3) is 4.63. The van der Waals surface area contributed by atoms with E-state index in [0.717, 1.165) is 28.1 Å². The van der Waals surface area contributed by atoms with Crippen LogP contribution < -0.4 is 0 Å². The molecule has 0 N–H and O–H groups in total. The number of thiophene rings is 1. The fourth-order valence-corrected chi connectivity index (χ4v) is 4.19. The minimum absolute atomic E-state index is 0.0958. The van der Waals surface area contributed by atoms with Gasteiger partial charge in [0.05, 0.1) is 4.88 Å². The molecule has 30 heavy (non-hydrogen) atoms. The molecule has 0 fully saturated rings. The van der Waals surface area contributed by atoms with E-state index in [-0.39, 0.29) is 5.91 Å². The van der Waals surface area contributed by atoms with E-state index < -0.39 is 11.6 Å². The van der Waals surface area contributed by atoms with Gasteiger partial charge >= 0.3 is 0 Å². The Bertz CT molecular complexity index is 1100. The number of rotatable bonds is 6. The molecular formula is C25H19F2NOS. The maximum absolute atomic E-state index is 13.6. The van der Waals surface area contributed by atoms with E-state index in [2.05, 4.69) is 0 Å². The van der Waals surface area contributed by atoms with Crippen molar-refractivity contribution in [3.63, 3.8) is 0 Å². The van der Waals surface area contributed by atoms with Crippen molar-refractivity contribution in [2.45, 2.75) is 13.1 Å². The zero-order valence-corrected chi connectivity index (χ0v) is 16.9. The highest BCUT2D eigenvalue weighted by atomic mass is 32.1. The molecule has 1 aromatic heterocycles. The van der Waals surface area contributed by atoms with E-state index in [1.54, 1.807) is 17.0 Å². The van der Waals surface area contributed by atoms with Crippen LogP contribution in [-0.2, 0) is 13.1 Å². The molecule has 1 amide bonds. The van der Waals surface area contributed by atoms with Crippen LogP contribution >= 0.6 is 11.3 Å². The number of halogens is 2. The number of hydrogen-bond acceptors (Lipinski definition) is 2. The van der Waals surface area contributed by atoms with Crippen LogP contribution in [0, 0.1) is 11.6 Å². The molecule has 150 valence electrons. The second kappa shape index (κ2) is 9.01. The number of hydrogen-bond donors (Lipinski definition) is 0. The predicted octanol–water partition coefficient (Wildman–Crippen LogP) is 6.54. The Hall–Kier alpha value is -3.31. The van der Waals surface area contributed by atoms with Gasteiger partial charge in [0.1, 0.15) is 0 Å². The van der Waals surface area contributed by atoms with Crippen LogP contribution in [0.4, 0.5) is 8.78 Å². The molecule has 0 saturated carbocycles. The van der Waals surface area contributed by atoms with Crippen molar-refractivity contribution >= 4 is 17.2 Å². The normalized spacial score (nSPS) is 10.7. The van der Waals surface area contributed by atoms with Crippen molar-refractivity contribution in [2.24, 2.45) is 0 Å². The summed E-state index contributed by atoms with van der Waals surface area (Å²) in [7, 11) is 0. The lowest BCUT2D eigenvalue weighted by Gasteiger charge is -2.22. The van der Waals surface area contributed by atoms with E-state index in [0.29, 0.717) is 23.5 Å². The van der Waals surface area contributed by atoms with E-state index in [4.69, 9.17) is 0 Å². The Balaban J connectivity index is 1.60. The van der Waals surface area contributed by atoms with Crippen LogP contribution in [0.15, 0.2) is 91.0 Å². The molecule has 1 heterocycles. The van der Waals surface area contributed by atoms with Crippen molar-refractivity contribution in [2.75, 3.05) is 0 Å². The molecule has 4 rings (SSSR count). The summed E-state index contributed by atoms with van der Waals surface area (Å²) in [6.07, 6.45) is 0. The molecule has 0 aliphatic carbocycles. The number of amides is 1. The minimum Gasteiger partial charge on any atom is -0.329 e. The summed E-state index contributed by atoms with van der Waals surface area (Å²) in [6, 6.07) is 27.0. The molecule has 0 aliphatic heterocycles. The van der Waals surface area contributed by atoms with Gasteiger partial charge in [-0.3, -0.25) is 4.79 Å². The third-order valence-corrected chi connectivity index (χ3v) is 5.86. The number of carbonyl (C=O) groups is 1. The largest absolute Gasteiger partial charge is 0.329 e. The van der Waals surface area contributed by atoms with Gasteiger partial charge in [0, 0.05) is 18.0 Å². The zero-order valence-electron chi connectivity index (χ0n) is 16.1. The van der Waals surface area contributed by atoms with Crippen molar-refractivity contribution in [1.82, 2.24) is 4.90 Å². The standard InChI is InChI=1S/C25H19F2NOS/c26-21-12-11-20(15-22(21)27)23-13-14-24(30-23)25(29)28(16-18-7-3-1-4-8-18)17-19-9-5-2-6-10-19/h1-15H,16-17H2. The molecule has 0 bridgehead atoms. The Kier molecular flexibility index (Phi) is 6.00. The van der Waals surface area contributed by atoms with Crippen LogP contribution in [0.3, 0.4) is 0 Å². The summed E-state index contributed by atoms with van der Waals surface area (Å²) in [4.78, 5) is 16.4. The van der Waals surface area contributed by atoms with Gasteiger partial charge in [-0.25, -0.2) is 8.78 Å². The van der Waals surface area contributed by atoms with Gasteiger partial charge in [-0.05, 0) is 41.0 Å². The molecule has 0 radical (unpaired) electrons. The van der Waals surface area contributed by atoms with Crippen molar-refractivity contribution in [3.05, 3.63) is 119 Å². The van der Waals surface area contributed by atoms with Gasteiger partial charge in [0.2, 0.25) is 0 Å². The second-order valence-corrected chi connectivity index (χ2v) is 8.01. The lowest BCUT2D eigenvalue weighted by atomic mass is 10.1. The lowest BCUT2D eigenvalue weighted by Crippen LogP contribution is -2.29. The van der Waals surface area contributed by atoms with Gasteiger partial charge in [0.25, 0.3) is 5.91 Å². The quantitative estimate of drug-likeness (QED) is 0.348. The molecular weight excluding hydrogens is 400 g/mol. The highest BCUT2D eigenvalue weighted by Gasteiger charge is 2.19. The topological polar surface area (TPSA) is 20.3 Å². The van der Waals surface area contributed by atoms with Gasteiger partial charge in [-0.2, -0.15) is 0 Å². The summed E-state index contributed by atoms with van der Waals surface area (Å²) in [6.45, 7) is 0.958. The first kappa shape index (κ1) is 20.0. The molecule has 0 atom stereocenters. The van der Waals surface area contributed by atoms with Gasteiger partial charge in [-0.1, -0.05) is 66.7 Å². The molecule has 3 aromatic carbocycles.